The average Bonchev–Trinajstić information content (AvgIpc) is 2.19. The van der Waals surface area contributed by atoms with Gasteiger partial charge in [-0.05, 0) is 31.6 Å². The normalized spacial score (nSPS) is 13.1. The summed E-state index contributed by atoms with van der Waals surface area (Å²) >= 11 is 3.47. The van der Waals surface area contributed by atoms with Gasteiger partial charge in [0.2, 0.25) is 0 Å². The molecule has 1 rings (SSSR count). The molecular formula is C12H18BrNO. The lowest BCUT2D eigenvalue weighted by atomic mass is 10.00. The molecule has 0 amide bonds. The minimum absolute atomic E-state index is 0.384. The fraction of sp³-hybridized carbons (Fsp3) is 0.500. The van der Waals surface area contributed by atoms with Gasteiger partial charge in [0.1, 0.15) is 5.75 Å². The van der Waals surface area contributed by atoms with Gasteiger partial charge in [-0.1, -0.05) is 35.0 Å². The van der Waals surface area contributed by atoms with Crippen LogP contribution in [-0.4, -0.2) is 29.4 Å². The molecule has 1 N–H and O–H groups in total. The van der Waals surface area contributed by atoms with Crippen LogP contribution in [-0.2, 0) is 6.54 Å². The molecule has 0 heterocycles. The Kier molecular flexibility index (Phi) is 4.61. The van der Waals surface area contributed by atoms with Crippen LogP contribution in [0.25, 0.3) is 0 Å². The Morgan fingerprint density at radius 2 is 2.07 bits per heavy atom. The van der Waals surface area contributed by atoms with Crippen LogP contribution in [0.5, 0.6) is 5.75 Å². The van der Waals surface area contributed by atoms with Gasteiger partial charge in [-0.25, -0.2) is 0 Å². The highest BCUT2D eigenvalue weighted by Gasteiger charge is 2.08. The third kappa shape index (κ3) is 3.50. The lowest BCUT2D eigenvalue weighted by Crippen LogP contribution is -2.11. The van der Waals surface area contributed by atoms with E-state index in [0.717, 1.165) is 17.4 Å². The Balaban J connectivity index is 2.94. The Bertz CT molecular complexity index is 325. The van der Waals surface area contributed by atoms with E-state index in [0.29, 0.717) is 11.7 Å². The SMILES string of the molecule is CC(CBr)c1ccc(O)c(CN(C)C)c1. The third-order valence-corrected chi connectivity index (χ3v) is 3.36. The van der Waals surface area contributed by atoms with Crippen molar-refractivity contribution in [2.24, 2.45) is 0 Å². The van der Waals surface area contributed by atoms with Gasteiger partial charge in [0.05, 0.1) is 0 Å². The van der Waals surface area contributed by atoms with Gasteiger partial charge >= 0.3 is 0 Å². The maximum absolute atomic E-state index is 9.70. The summed E-state index contributed by atoms with van der Waals surface area (Å²) in [5, 5.41) is 10.6. The van der Waals surface area contributed by atoms with Crippen molar-refractivity contribution in [3.05, 3.63) is 29.3 Å². The van der Waals surface area contributed by atoms with Crippen LogP contribution in [0.15, 0.2) is 18.2 Å². The molecule has 0 aliphatic carbocycles. The summed E-state index contributed by atoms with van der Waals surface area (Å²) in [6, 6.07) is 5.86. The number of alkyl halides is 1. The Morgan fingerprint density at radius 1 is 1.40 bits per heavy atom. The summed E-state index contributed by atoms with van der Waals surface area (Å²) < 4.78 is 0. The van der Waals surface area contributed by atoms with Crippen LogP contribution in [0.3, 0.4) is 0 Å². The van der Waals surface area contributed by atoms with E-state index in [1.807, 2.05) is 20.2 Å². The first kappa shape index (κ1) is 12.5. The number of phenolic OH excluding ortho intramolecular Hbond substituents is 1. The molecule has 0 spiro atoms. The van der Waals surface area contributed by atoms with E-state index in [-0.39, 0.29) is 0 Å². The van der Waals surface area contributed by atoms with Crippen LogP contribution < -0.4 is 0 Å². The molecule has 0 fully saturated rings. The predicted molar refractivity (Wildman–Crippen MR) is 67.7 cm³/mol. The first-order valence-electron chi connectivity index (χ1n) is 5.07. The van der Waals surface area contributed by atoms with Gasteiger partial charge in [-0.2, -0.15) is 0 Å². The van der Waals surface area contributed by atoms with E-state index >= 15 is 0 Å². The van der Waals surface area contributed by atoms with E-state index in [9.17, 15) is 5.11 Å². The van der Waals surface area contributed by atoms with Gasteiger partial charge in [-0.15, -0.1) is 0 Å². The van der Waals surface area contributed by atoms with Gasteiger partial charge < -0.3 is 10.0 Å². The number of phenols is 1. The van der Waals surface area contributed by atoms with Crippen molar-refractivity contribution in [3.8, 4) is 5.75 Å². The van der Waals surface area contributed by atoms with Gasteiger partial charge in [-0.3, -0.25) is 0 Å². The molecule has 3 heteroatoms. The second-order valence-corrected chi connectivity index (χ2v) is 4.83. The molecule has 15 heavy (non-hydrogen) atoms. The molecule has 1 unspecified atom stereocenters. The molecule has 1 aromatic carbocycles. The van der Waals surface area contributed by atoms with Crippen LogP contribution in [0.4, 0.5) is 0 Å². The Labute approximate surface area is 100 Å². The van der Waals surface area contributed by atoms with Crippen molar-refractivity contribution in [2.75, 3.05) is 19.4 Å². The maximum atomic E-state index is 9.70. The number of benzene rings is 1. The Morgan fingerprint density at radius 3 is 2.60 bits per heavy atom. The third-order valence-electron chi connectivity index (χ3n) is 2.39. The molecule has 0 aromatic heterocycles. The molecule has 0 radical (unpaired) electrons. The maximum Gasteiger partial charge on any atom is 0.120 e. The highest BCUT2D eigenvalue weighted by Crippen LogP contribution is 2.25. The second-order valence-electron chi connectivity index (χ2n) is 4.18. The molecule has 0 aliphatic rings. The summed E-state index contributed by atoms with van der Waals surface area (Å²) in [5.41, 5.74) is 2.26. The molecule has 84 valence electrons. The summed E-state index contributed by atoms with van der Waals surface area (Å²) in [7, 11) is 4.00. The minimum atomic E-state index is 0.384. The fourth-order valence-corrected chi connectivity index (χ4v) is 1.84. The molecule has 0 aliphatic heterocycles. The zero-order valence-corrected chi connectivity index (χ0v) is 11.1. The molecule has 0 saturated heterocycles. The number of hydrogen-bond acceptors (Lipinski definition) is 2. The van der Waals surface area contributed by atoms with Crippen molar-refractivity contribution < 1.29 is 5.11 Å². The highest BCUT2D eigenvalue weighted by molar-refractivity contribution is 9.09. The van der Waals surface area contributed by atoms with Crippen molar-refractivity contribution in [2.45, 2.75) is 19.4 Å². The number of rotatable bonds is 4. The van der Waals surface area contributed by atoms with Crippen LogP contribution >= 0.6 is 15.9 Å². The van der Waals surface area contributed by atoms with E-state index in [2.05, 4.69) is 33.8 Å². The molecule has 0 saturated carbocycles. The summed E-state index contributed by atoms with van der Waals surface area (Å²) in [4.78, 5) is 2.05. The van der Waals surface area contributed by atoms with Gasteiger partial charge in [0.15, 0.2) is 0 Å². The van der Waals surface area contributed by atoms with Crippen LogP contribution in [0.2, 0.25) is 0 Å². The van der Waals surface area contributed by atoms with Crippen molar-refractivity contribution in [1.82, 2.24) is 4.90 Å². The quantitative estimate of drug-likeness (QED) is 0.852. The summed E-state index contributed by atoms with van der Waals surface area (Å²) in [6.45, 7) is 2.94. The monoisotopic (exact) mass is 271 g/mol. The first-order chi connectivity index (χ1) is 7.04. The van der Waals surface area contributed by atoms with Crippen molar-refractivity contribution >= 4 is 15.9 Å². The average molecular weight is 272 g/mol. The number of hydrogen-bond donors (Lipinski definition) is 1. The smallest absolute Gasteiger partial charge is 0.120 e. The van der Waals surface area contributed by atoms with Crippen LogP contribution in [0, 0.1) is 0 Å². The molecular weight excluding hydrogens is 254 g/mol. The molecule has 1 atom stereocenters. The van der Waals surface area contributed by atoms with E-state index in [1.165, 1.54) is 5.56 Å². The number of halogens is 1. The lowest BCUT2D eigenvalue weighted by Gasteiger charge is -2.14. The summed E-state index contributed by atoms with van der Waals surface area (Å²) in [5.74, 6) is 0.862. The van der Waals surface area contributed by atoms with E-state index in [4.69, 9.17) is 0 Å². The van der Waals surface area contributed by atoms with E-state index in [1.54, 1.807) is 6.07 Å². The highest BCUT2D eigenvalue weighted by atomic mass is 79.9. The van der Waals surface area contributed by atoms with Crippen LogP contribution in [0.1, 0.15) is 24.0 Å². The van der Waals surface area contributed by atoms with Crippen molar-refractivity contribution in [3.63, 3.8) is 0 Å². The minimum Gasteiger partial charge on any atom is -0.508 e. The Hall–Kier alpha value is -0.540. The zero-order valence-electron chi connectivity index (χ0n) is 9.50. The van der Waals surface area contributed by atoms with Crippen molar-refractivity contribution in [1.29, 1.82) is 0 Å². The molecule has 2 nitrogen and oxygen atoms in total. The first-order valence-corrected chi connectivity index (χ1v) is 6.19. The lowest BCUT2D eigenvalue weighted by molar-refractivity contribution is 0.385. The number of nitrogens with zero attached hydrogens (tertiary/aromatic N) is 1. The zero-order chi connectivity index (χ0) is 11.4. The second kappa shape index (κ2) is 5.52. The topological polar surface area (TPSA) is 23.5 Å². The van der Waals surface area contributed by atoms with Gasteiger partial charge in [0, 0.05) is 17.4 Å². The fourth-order valence-electron chi connectivity index (χ4n) is 1.47. The molecule has 0 bridgehead atoms. The summed E-state index contributed by atoms with van der Waals surface area (Å²) in [6.07, 6.45) is 0. The predicted octanol–water partition coefficient (Wildman–Crippen LogP) is 2.95. The van der Waals surface area contributed by atoms with Gasteiger partial charge in [0.25, 0.3) is 0 Å². The molecule has 1 aromatic rings. The van der Waals surface area contributed by atoms with E-state index < -0.39 is 0 Å². The number of aromatic hydroxyl groups is 1. The largest absolute Gasteiger partial charge is 0.508 e. The standard InChI is InChI=1S/C12H18BrNO/c1-9(7-13)10-4-5-12(15)11(6-10)8-14(2)3/h4-6,9,15H,7-8H2,1-3H3.